The average Bonchev–Trinajstić information content (AvgIpc) is 3.07. The number of carbonyl (C=O) groups excluding carboxylic acids is 1. The minimum atomic E-state index is -0.569. The van der Waals surface area contributed by atoms with Crippen molar-refractivity contribution >= 4 is 5.97 Å². The van der Waals surface area contributed by atoms with Gasteiger partial charge in [-0.2, -0.15) is 4.39 Å². The quantitative estimate of drug-likeness (QED) is 0.407. The third kappa shape index (κ3) is 3.57. The van der Waals surface area contributed by atoms with Crippen molar-refractivity contribution in [3.63, 3.8) is 0 Å². The molecule has 0 bridgehead atoms. The van der Waals surface area contributed by atoms with Crippen molar-refractivity contribution in [2.45, 2.75) is 6.54 Å². The van der Waals surface area contributed by atoms with E-state index in [1.165, 1.54) is 11.7 Å². The highest BCUT2D eigenvalue weighted by molar-refractivity contribution is 6.01. The molecule has 0 radical (unpaired) electrons. The Morgan fingerprint density at radius 3 is 1.79 bits per heavy atom. The molecule has 1 heterocycles. The van der Waals surface area contributed by atoms with Crippen LogP contribution in [0.3, 0.4) is 0 Å². The monoisotopic (exact) mass is 385 g/mol. The second-order valence-electron chi connectivity index (χ2n) is 6.68. The number of methoxy groups -OCH3 is 1. The van der Waals surface area contributed by atoms with Gasteiger partial charge >= 0.3 is 5.97 Å². The lowest BCUT2D eigenvalue weighted by molar-refractivity contribution is 0.0588. The molecule has 0 aliphatic rings. The van der Waals surface area contributed by atoms with E-state index >= 15 is 4.39 Å². The first-order chi connectivity index (χ1) is 14.2. The molecule has 29 heavy (non-hydrogen) atoms. The van der Waals surface area contributed by atoms with Crippen molar-refractivity contribution in [1.82, 2.24) is 4.57 Å². The van der Waals surface area contributed by atoms with E-state index in [1.54, 1.807) is 0 Å². The topological polar surface area (TPSA) is 31.2 Å². The summed E-state index contributed by atoms with van der Waals surface area (Å²) >= 11 is 0. The normalized spacial score (nSPS) is 10.7. The Kier molecular flexibility index (Phi) is 5.25. The zero-order chi connectivity index (χ0) is 20.2. The first-order valence-corrected chi connectivity index (χ1v) is 9.35. The number of hydrogen-bond donors (Lipinski definition) is 0. The zero-order valence-corrected chi connectivity index (χ0v) is 16.0. The fourth-order valence-electron chi connectivity index (χ4n) is 3.57. The molecule has 3 aromatic carbocycles. The lowest BCUT2D eigenvalue weighted by Gasteiger charge is -2.10. The van der Waals surface area contributed by atoms with E-state index in [0.29, 0.717) is 16.7 Å². The summed E-state index contributed by atoms with van der Waals surface area (Å²) in [6, 6.07) is 28.2. The summed E-state index contributed by atoms with van der Waals surface area (Å²) in [6.45, 7) is 0.226. The Bertz CT molecular complexity index is 1120. The van der Waals surface area contributed by atoms with Gasteiger partial charge in [0, 0.05) is 11.1 Å². The van der Waals surface area contributed by atoms with Crippen molar-refractivity contribution in [3.8, 4) is 22.3 Å². The second-order valence-corrected chi connectivity index (χ2v) is 6.68. The number of rotatable bonds is 5. The zero-order valence-electron chi connectivity index (χ0n) is 16.0. The van der Waals surface area contributed by atoms with Crippen LogP contribution in [0.5, 0.6) is 0 Å². The van der Waals surface area contributed by atoms with Crippen LogP contribution in [0, 0.1) is 5.95 Å². The van der Waals surface area contributed by atoms with Gasteiger partial charge in [0.2, 0.25) is 5.95 Å². The number of carbonyl (C=O) groups is 1. The van der Waals surface area contributed by atoms with Crippen molar-refractivity contribution in [2.24, 2.45) is 0 Å². The molecular formula is C25H20FNO2. The summed E-state index contributed by atoms with van der Waals surface area (Å²) in [7, 11) is 1.32. The van der Waals surface area contributed by atoms with Crippen molar-refractivity contribution < 1.29 is 13.9 Å². The Balaban J connectivity index is 2.03. The Morgan fingerprint density at radius 1 is 0.793 bits per heavy atom. The fourth-order valence-corrected chi connectivity index (χ4v) is 3.57. The molecule has 0 N–H and O–H groups in total. The minimum absolute atomic E-state index is 0.207. The summed E-state index contributed by atoms with van der Waals surface area (Å²) < 4.78 is 22.3. The molecule has 0 saturated carbocycles. The fraction of sp³-hybridized carbons (Fsp3) is 0.0800. The smallest absolute Gasteiger partial charge is 0.355 e. The van der Waals surface area contributed by atoms with Crippen LogP contribution in [-0.4, -0.2) is 17.6 Å². The summed E-state index contributed by atoms with van der Waals surface area (Å²) in [5.74, 6) is -1.03. The average molecular weight is 385 g/mol. The number of hydrogen-bond acceptors (Lipinski definition) is 2. The Labute approximate surface area is 169 Å². The van der Waals surface area contributed by atoms with Gasteiger partial charge in [-0.25, -0.2) is 4.79 Å². The minimum Gasteiger partial charge on any atom is -0.464 e. The maximum absolute atomic E-state index is 15.9. The second kappa shape index (κ2) is 8.15. The highest BCUT2D eigenvalue weighted by atomic mass is 19.1. The van der Waals surface area contributed by atoms with Crippen LogP contribution in [0.25, 0.3) is 22.3 Å². The predicted octanol–water partition coefficient (Wildman–Crippen LogP) is 5.80. The van der Waals surface area contributed by atoms with Gasteiger partial charge in [0.15, 0.2) is 0 Å². The van der Waals surface area contributed by atoms with Gasteiger partial charge < -0.3 is 9.30 Å². The molecule has 0 atom stereocenters. The van der Waals surface area contributed by atoms with E-state index in [2.05, 4.69) is 0 Å². The van der Waals surface area contributed by atoms with Gasteiger partial charge in [0.25, 0.3) is 0 Å². The first-order valence-electron chi connectivity index (χ1n) is 9.35. The van der Waals surface area contributed by atoms with Gasteiger partial charge in [-0.3, -0.25) is 0 Å². The van der Waals surface area contributed by atoms with Crippen LogP contribution >= 0.6 is 0 Å². The van der Waals surface area contributed by atoms with Crippen LogP contribution in [0.4, 0.5) is 4.39 Å². The number of nitrogens with zero attached hydrogens (tertiary/aromatic N) is 1. The standard InChI is InChI=1S/C25H20FNO2/c1-29-25(28)23-21(19-13-7-3-8-14-19)22(20-15-9-4-10-16-20)24(26)27(23)17-18-11-5-2-6-12-18/h2-16H,17H2,1H3. The molecular weight excluding hydrogens is 365 g/mol. The first kappa shape index (κ1) is 18.7. The Hall–Kier alpha value is -3.66. The maximum Gasteiger partial charge on any atom is 0.355 e. The van der Waals surface area contributed by atoms with Crippen LogP contribution in [0.1, 0.15) is 16.1 Å². The number of benzene rings is 3. The maximum atomic E-state index is 15.9. The third-order valence-corrected chi connectivity index (χ3v) is 4.89. The SMILES string of the molecule is COC(=O)c1c(-c2ccccc2)c(-c2ccccc2)c(F)n1Cc1ccccc1. The molecule has 0 aliphatic heterocycles. The van der Waals surface area contributed by atoms with E-state index in [4.69, 9.17) is 4.74 Å². The third-order valence-electron chi connectivity index (χ3n) is 4.89. The summed E-state index contributed by atoms with van der Waals surface area (Å²) in [4.78, 5) is 12.8. The highest BCUT2D eigenvalue weighted by Crippen LogP contribution is 2.40. The summed E-state index contributed by atoms with van der Waals surface area (Å²) in [5, 5.41) is 0. The molecule has 0 fully saturated rings. The highest BCUT2D eigenvalue weighted by Gasteiger charge is 2.29. The van der Waals surface area contributed by atoms with Gasteiger partial charge in [0.1, 0.15) is 5.69 Å². The van der Waals surface area contributed by atoms with E-state index < -0.39 is 11.9 Å². The molecule has 0 amide bonds. The predicted molar refractivity (Wildman–Crippen MR) is 112 cm³/mol. The number of halogens is 1. The van der Waals surface area contributed by atoms with E-state index in [0.717, 1.165) is 11.1 Å². The lowest BCUT2D eigenvalue weighted by Crippen LogP contribution is -2.14. The summed E-state index contributed by atoms with van der Waals surface area (Å²) in [6.07, 6.45) is 0. The lowest BCUT2D eigenvalue weighted by atomic mass is 9.96. The molecule has 144 valence electrons. The molecule has 4 aromatic rings. The van der Waals surface area contributed by atoms with Gasteiger partial charge in [0.05, 0.1) is 13.7 Å². The molecule has 4 rings (SSSR count). The van der Waals surface area contributed by atoms with Gasteiger partial charge in [-0.15, -0.1) is 0 Å². The van der Waals surface area contributed by atoms with Crippen LogP contribution < -0.4 is 0 Å². The van der Waals surface area contributed by atoms with E-state index in [-0.39, 0.29) is 12.2 Å². The van der Waals surface area contributed by atoms with Gasteiger partial charge in [-0.1, -0.05) is 91.0 Å². The molecule has 4 heteroatoms. The number of aromatic nitrogens is 1. The molecule has 1 aromatic heterocycles. The molecule has 0 spiro atoms. The number of ether oxygens (including phenoxy) is 1. The van der Waals surface area contributed by atoms with Crippen LogP contribution in [-0.2, 0) is 11.3 Å². The largest absolute Gasteiger partial charge is 0.464 e. The van der Waals surface area contributed by atoms with Crippen molar-refractivity contribution in [2.75, 3.05) is 7.11 Å². The van der Waals surface area contributed by atoms with Crippen LogP contribution in [0.2, 0.25) is 0 Å². The van der Waals surface area contributed by atoms with Crippen molar-refractivity contribution in [1.29, 1.82) is 0 Å². The van der Waals surface area contributed by atoms with Crippen molar-refractivity contribution in [3.05, 3.63) is 108 Å². The molecule has 0 unspecified atom stereocenters. The summed E-state index contributed by atoms with van der Waals surface area (Å²) in [5.41, 5.74) is 3.51. The van der Waals surface area contributed by atoms with Gasteiger partial charge in [-0.05, 0) is 16.7 Å². The van der Waals surface area contributed by atoms with E-state index in [9.17, 15) is 4.79 Å². The molecule has 3 nitrogen and oxygen atoms in total. The molecule has 0 aliphatic carbocycles. The Morgan fingerprint density at radius 2 is 1.28 bits per heavy atom. The van der Waals surface area contributed by atoms with Crippen LogP contribution in [0.15, 0.2) is 91.0 Å². The van der Waals surface area contributed by atoms with E-state index in [1.807, 2.05) is 91.0 Å². The molecule has 0 saturated heterocycles. The number of esters is 1.